The van der Waals surface area contributed by atoms with E-state index in [9.17, 15) is 36.6 Å². The quantitative estimate of drug-likeness (QED) is 0.113. The molecule has 3 aromatic carbocycles. The van der Waals surface area contributed by atoms with Crippen molar-refractivity contribution in [2.24, 2.45) is 5.41 Å². The Labute approximate surface area is 345 Å². The van der Waals surface area contributed by atoms with Crippen molar-refractivity contribution in [1.29, 1.82) is 0 Å². The lowest BCUT2D eigenvalue weighted by Gasteiger charge is -2.46. The number of thiophene rings is 1. The summed E-state index contributed by atoms with van der Waals surface area (Å²) in [6, 6.07) is 23.7. The van der Waals surface area contributed by atoms with Gasteiger partial charge in [0.15, 0.2) is 5.76 Å². The van der Waals surface area contributed by atoms with E-state index >= 15 is 0 Å². The Morgan fingerprint density at radius 2 is 1.78 bits per heavy atom. The number of allylic oxidation sites excluding steroid dienone is 2. The molecule has 1 fully saturated rings. The van der Waals surface area contributed by atoms with Crippen LogP contribution in [0, 0.1) is 5.41 Å². The summed E-state index contributed by atoms with van der Waals surface area (Å²) in [5.41, 5.74) is 0.0537. The standard InChI is InChI=1S/C45H45ClF3NO6S2/c1-29-8-6-21-43(2)37(20-22-44(43,53)28-50(27-30-9-4-3-5-10-30)58(54,55)41-11-7-23-57-41)34-16-13-31(24-33(51)15-12-29)25-35(34)42(52)40-19-18-39(56-40)36-26-32(45(47,48)49)14-17-38(36)46/h3-5,7-11,13-14,16-19,23,25-26,33,37,51,53H,6,12,15,20-22,24,27-28H2,1-2H3/t33-,37-,43-,44+/m0/s1. The lowest BCUT2D eigenvalue weighted by Crippen LogP contribution is -2.53. The first-order valence-corrected chi connectivity index (χ1v) is 22.0. The normalized spacial score (nSPS) is 23.1. The number of halogens is 4. The predicted octanol–water partition coefficient (Wildman–Crippen LogP) is 10.8. The van der Waals surface area contributed by atoms with Gasteiger partial charge >= 0.3 is 6.18 Å². The van der Waals surface area contributed by atoms with E-state index < -0.39 is 50.6 Å². The van der Waals surface area contributed by atoms with E-state index in [1.807, 2.05) is 56.3 Å². The topological polar surface area (TPSA) is 108 Å². The Morgan fingerprint density at radius 3 is 2.50 bits per heavy atom. The SMILES string of the molecule is CC1=CCC[C@@]2(C)[C@@H](CC[C@@]2(O)CN(Cc2ccccc2)S(=O)(=O)c2cccs2)c2ccc(cc2C(=O)c2ccc(-c3cc(C(F)(F)F)ccc3Cl)o2)C[C@@H](O)CC1. The predicted molar refractivity (Wildman–Crippen MR) is 219 cm³/mol. The molecule has 0 saturated heterocycles. The molecule has 2 N–H and O–H groups in total. The summed E-state index contributed by atoms with van der Waals surface area (Å²) in [6.07, 6.45) is -0.0800. The molecule has 1 saturated carbocycles. The van der Waals surface area contributed by atoms with Crippen LogP contribution in [-0.2, 0) is 29.2 Å². The molecule has 2 bridgehead atoms. The fourth-order valence-electron chi connectivity index (χ4n) is 8.67. The van der Waals surface area contributed by atoms with Crippen molar-refractivity contribution in [3.8, 4) is 11.3 Å². The van der Waals surface area contributed by atoms with E-state index in [-0.39, 0.29) is 57.8 Å². The Hall–Kier alpha value is -4.04. The zero-order valence-corrected chi connectivity index (χ0v) is 34.5. The van der Waals surface area contributed by atoms with Gasteiger partial charge in [-0.2, -0.15) is 17.5 Å². The Kier molecular flexibility index (Phi) is 12.0. The molecule has 0 amide bonds. The van der Waals surface area contributed by atoms with E-state index in [2.05, 4.69) is 6.08 Å². The van der Waals surface area contributed by atoms with Crippen LogP contribution in [0.3, 0.4) is 0 Å². The second-order valence-electron chi connectivity index (χ2n) is 15.8. The molecule has 0 spiro atoms. The maximum atomic E-state index is 14.6. The third kappa shape index (κ3) is 8.50. The average molecular weight is 852 g/mol. The summed E-state index contributed by atoms with van der Waals surface area (Å²) in [5, 5.41) is 25.8. The molecular weight excluding hydrogens is 807 g/mol. The Bertz CT molecular complexity index is 2410. The van der Waals surface area contributed by atoms with Gasteiger partial charge in [0, 0.05) is 29.6 Å². The van der Waals surface area contributed by atoms with Crippen LogP contribution in [0.25, 0.3) is 11.3 Å². The number of benzene rings is 3. The second-order valence-corrected chi connectivity index (χ2v) is 19.3. The number of carbonyl (C=O) groups excluding carboxylic acids is 1. The molecular formula is C45H45ClF3NO6S2. The van der Waals surface area contributed by atoms with Crippen LogP contribution in [0.15, 0.2) is 117 Å². The van der Waals surface area contributed by atoms with Crippen molar-refractivity contribution in [2.45, 2.75) is 93.3 Å². The molecule has 58 heavy (non-hydrogen) atoms. The van der Waals surface area contributed by atoms with Gasteiger partial charge in [-0.1, -0.05) is 78.7 Å². The van der Waals surface area contributed by atoms with E-state index in [1.54, 1.807) is 23.6 Å². The van der Waals surface area contributed by atoms with Crippen LogP contribution in [0.5, 0.6) is 0 Å². The van der Waals surface area contributed by atoms with Crippen molar-refractivity contribution in [3.05, 3.63) is 147 Å². The fraction of sp³-hybridized carbons (Fsp3) is 0.356. The highest BCUT2D eigenvalue weighted by Crippen LogP contribution is 2.59. The molecule has 2 aromatic heterocycles. The molecule has 0 radical (unpaired) electrons. The smallest absolute Gasteiger partial charge is 0.416 e. The molecule has 0 unspecified atom stereocenters. The number of carbonyl (C=O) groups is 1. The molecule has 3 aliphatic rings. The molecule has 13 heteroatoms. The summed E-state index contributed by atoms with van der Waals surface area (Å²) in [4.78, 5) is 14.6. The summed E-state index contributed by atoms with van der Waals surface area (Å²) in [6.45, 7) is 3.85. The van der Waals surface area contributed by atoms with Crippen molar-refractivity contribution in [3.63, 3.8) is 0 Å². The lowest BCUT2D eigenvalue weighted by molar-refractivity contribution is -0.137. The van der Waals surface area contributed by atoms with E-state index in [0.29, 0.717) is 43.2 Å². The molecule has 8 rings (SSSR count). The minimum Gasteiger partial charge on any atom is -0.453 e. The number of rotatable bonds is 9. The Morgan fingerprint density at radius 1 is 1.00 bits per heavy atom. The number of ketones is 1. The van der Waals surface area contributed by atoms with Crippen molar-refractivity contribution < 1.29 is 41.0 Å². The van der Waals surface area contributed by atoms with Crippen molar-refractivity contribution in [1.82, 2.24) is 4.31 Å². The van der Waals surface area contributed by atoms with Crippen LogP contribution in [0.4, 0.5) is 13.2 Å². The van der Waals surface area contributed by atoms with Crippen molar-refractivity contribution >= 4 is 38.7 Å². The van der Waals surface area contributed by atoms with Crippen LogP contribution in [0.2, 0.25) is 5.02 Å². The average Bonchev–Trinajstić information content (AvgIpc) is 3.95. The monoisotopic (exact) mass is 851 g/mol. The number of sulfonamides is 1. The van der Waals surface area contributed by atoms with Crippen LogP contribution in [0.1, 0.15) is 96.7 Å². The van der Waals surface area contributed by atoms with Gasteiger partial charge in [0.2, 0.25) is 5.78 Å². The lowest BCUT2D eigenvalue weighted by atomic mass is 9.65. The summed E-state index contributed by atoms with van der Waals surface area (Å²) in [5.74, 6) is -1.08. The third-order valence-electron chi connectivity index (χ3n) is 12.0. The number of hydrogen-bond donors (Lipinski definition) is 2. The zero-order chi connectivity index (χ0) is 41.5. The second kappa shape index (κ2) is 16.5. The van der Waals surface area contributed by atoms with Crippen LogP contribution in [-0.4, -0.2) is 47.0 Å². The first kappa shape index (κ1) is 42.1. The van der Waals surface area contributed by atoms with Gasteiger partial charge in [0.1, 0.15) is 9.97 Å². The molecule has 4 atom stereocenters. The molecule has 5 aromatic rings. The largest absolute Gasteiger partial charge is 0.453 e. The van der Waals surface area contributed by atoms with Crippen LogP contribution < -0.4 is 0 Å². The van der Waals surface area contributed by atoms with E-state index in [0.717, 1.165) is 40.7 Å². The highest BCUT2D eigenvalue weighted by atomic mass is 35.5. The number of furan rings is 1. The number of aliphatic hydroxyl groups excluding tert-OH is 1. The van der Waals surface area contributed by atoms with Crippen molar-refractivity contribution in [2.75, 3.05) is 6.54 Å². The number of fused-ring (bicyclic) bond motifs is 8. The maximum absolute atomic E-state index is 14.6. The molecule has 3 aliphatic carbocycles. The third-order valence-corrected chi connectivity index (χ3v) is 15.5. The van der Waals surface area contributed by atoms with Gasteiger partial charge in [0.05, 0.1) is 22.3 Å². The first-order valence-electron chi connectivity index (χ1n) is 19.3. The number of nitrogens with zero attached hydrogens (tertiary/aromatic N) is 1. The van der Waals surface area contributed by atoms with Gasteiger partial charge in [-0.3, -0.25) is 4.79 Å². The summed E-state index contributed by atoms with van der Waals surface area (Å²) in [7, 11) is -4.03. The highest BCUT2D eigenvalue weighted by molar-refractivity contribution is 7.91. The number of hydrogen-bond acceptors (Lipinski definition) is 7. The summed E-state index contributed by atoms with van der Waals surface area (Å²) >= 11 is 7.45. The minimum atomic E-state index is -4.62. The van der Waals surface area contributed by atoms with Gasteiger partial charge < -0.3 is 14.6 Å². The number of aliphatic hydroxyl groups is 2. The van der Waals surface area contributed by atoms with E-state index in [1.165, 1.54) is 16.4 Å². The number of alkyl halides is 3. The maximum Gasteiger partial charge on any atom is 0.416 e. The first-order chi connectivity index (χ1) is 27.5. The summed E-state index contributed by atoms with van der Waals surface area (Å²) < 4.78 is 77.0. The zero-order valence-electron chi connectivity index (χ0n) is 32.1. The highest BCUT2D eigenvalue weighted by Gasteiger charge is 2.58. The Balaban J connectivity index is 1.31. The molecule has 2 heterocycles. The van der Waals surface area contributed by atoms with E-state index in [4.69, 9.17) is 16.0 Å². The van der Waals surface area contributed by atoms with Gasteiger partial charge in [-0.25, -0.2) is 8.42 Å². The molecule has 306 valence electrons. The fourth-order valence-corrected chi connectivity index (χ4v) is 11.5. The molecule has 0 aliphatic heterocycles. The molecule has 7 nitrogen and oxygen atoms in total. The van der Waals surface area contributed by atoms with Gasteiger partial charge in [-0.15, -0.1) is 11.3 Å². The minimum absolute atomic E-state index is 0.0117. The van der Waals surface area contributed by atoms with Crippen LogP contribution >= 0.6 is 22.9 Å². The van der Waals surface area contributed by atoms with Gasteiger partial charge in [0.25, 0.3) is 10.0 Å². The van der Waals surface area contributed by atoms with Gasteiger partial charge in [-0.05, 0) is 122 Å².